The minimum Gasteiger partial charge on any atom is -0.289 e. The molecule has 31 heavy (non-hydrogen) atoms. The number of ketones is 2. The number of carbonyl (C=O) groups is 2. The van der Waals surface area contributed by atoms with Crippen LogP contribution in [0.3, 0.4) is 0 Å². The molecule has 1 atom stereocenters. The van der Waals surface area contributed by atoms with E-state index in [1.54, 1.807) is 0 Å². The zero-order valence-corrected chi connectivity index (χ0v) is 19.6. The number of hydrogen-bond donors (Lipinski definition) is 0. The molecule has 0 aliphatic heterocycles. The minimum absolute atomic E-state index is 0.0645. The van der Waals surface area contributed by atoms with Crippen LogP contribution in [0.15, 0.2) is 36.4 Å². The normalized spacial score (nSPS) is 14.6. The Morgan fingerprint density at radius 3 is 1.87 bits per heavy atom. The number of carbonyl (C=O) groups excluding carboxylic acids is 2. The third-order valence-corrected chi connectivity index (χ3v) is 6.60. The first-order valence-electron chi connectivity index (χ1n) is 11.2. The Balaban J connectivity index is 1.89. The molecule has 2 aromatic carbocycles. The molecule has 3 nitrogen and oxygen atoms in total. The molecule has 0 bridgehead atoms. The van der Waals surface area contributed by atoms with Gasteiger partial charge in [-0.2, -0.15) is 5.26 Å². The maximum atomic E-state index is 13.3. The van der Waals surface area contributed by atoms with Crippen LogP contribution in [-0.4, -0.2) is 11.6 Å². The molecule has 0 fully saturated rings. The van der Waals surface area contributed by atoms with Crippen LogP contribution in [0.25, 0.3) is 0 Å². The Bertz CT molecular complexity index is 1060. The molecule has 162 valence electrons. The van der Waals surface area contributed by atoms with Gasteiger partial charge in [0.25, 0.3) is 0 Å². The summed E-state index contributed by atoms with van der Waals surface area (Å²) in [6.07, 6.45) is 3.60. The van der Waals surface area contributed by atoms with Crippen LogP contribution in [0.1, 0.15) is 110 Å². The molecule has 2 aromatic rings. The number of hydrogen-bond acceptors (Lipinski definition) is 3. The van der Waals surface area contributed by atoms with Crippen LogP contribution in [0.4, 0.5) is 0 Å². The molecule has 0 N–H and O–H groups in total. The highest BCUT2D eigenvalue weighted by Gasteiger charge is 2.32. The summed E-state index contributed by atoms with van der Waals surface area (Å²) in [6, 6.07) is 13.7. The molecule has 1 aliphatic carbocycles. The van der Waals surface area contributed by atoms with E-state index in [9.17, 15) is 9.59 Å². The molecule has 1 aliphatic rings. The molecule has 3 heteroatoms. The number of nitriles is 1. The quantitative estimate of drug-likeness (QED) is 0.447. The van der Waals surface area contributed by atoms with Crippen molar-refractivity contribution in [1.82, 2.24) is 0 Å². The summed E-state index contributed by atoms with van der Waals surface area (Å²) < 4.78 is 0. The van der Waals surface area contributed by atoms with Gasteiger partial charge in [-0.15, -0.1) is 0 Å². The predicted molar refractivity (Wildman–Crippen MR) is 125 cm³/mol. The van der Waals surface area contributed by atoms with Gasteiger partial charge in [0.1, 0.15) is 0 Å². The Kier molecular flexibility index (Phi) is 6.23. The molecule has 1 unspecified atom stereocenters. The van der Waals surface area contributed by atoms with Crippen molar-refractivity contribution in [1.29, 1.82) is 5.26 Å². The molecule has 0 radical (unpaired) electrons. The van der Waals surface area contributed by atoms with E-state index >= 15 is 0 Å². The van der Waals surface area contributed by atoms with Crippen LogP contribution < -0.4 is 0 Å². The van der Waals surface area contributed by atoms with Gasteiger partial charge >= 0.3 is 0 Å². The second kappa shape index (κ2) is 8.42. The lowest BCUT2D eigenvalue weighted by Crippen LogP contribution is -2.24. The van der Waals surface area contributed by atoms with E-state index in [0.717, 1.165) is 30.4 Å². The molecule has 3 rings (SSSR count). The Hall–Kier alpha value is -2.73. The monoisotopic (exact) mass is 415 g/mol. The second-order valence-corrected chi connectivity index (χ2v) is 10.7. The molecular weight excluding hydrogens is 382 g/mol. The Morgan fingerprint density at radius 1 is 0.839 bits per heavy atom. The van der Waals surface area contributed by atoms with E-state index in [1.165, 1.54) is 0 Å². The second-order valence-electron chi connectivity index (χ2n) is 10.7. The van der Waals surface area contributed by atoms with Gasteiger partial charge in [0.2, 0.25) is 0 Å². The molecule has 0 heterocycles. The lowest BCUT2D eigenvalue weighted by atomic mass is 9.75. The van der Waals surface area contributed by atoms with Crippen molar-refractivity contribution >= 4 is 11.6 Å². The summed E-state index contributed by atoms with van der Waals surface area (Å²) in [5, 5.41) is 8.85. The first-order chi connectivity index (χ1) is 14.5. The van der Waals surface area contributed by atoms with Crippen molar-refractivity contribution in [2.75, 3.05) is 0 Å². The fourth-order valence-electron chi connectivity index (χ4n) is 4.33. The maximum Gasteiger partial charge on any atom is 0.194 e. The van der Waals surface area contributed by atoms with Gasteiger partial charge in [-0.1, -0.05) is 60.1 Å². The highest BCUT2D eigenvalue weighted by molar-refractivity contribution is 6.28. The van der Waals surface area contributed by atoms with Crippen molar-refractivity contribution in [2.45, 2.75) is 78.1 Å². The van der Waals surface area contributed by atoms with Crippen molar-refractivity contribution in [2.24, 2.45) is 5.92 Å². The van der Waals surface area contributed by atoms with Crippen LogP contribution in [0.5, 0.6) is 0 Å². The van der Waals surface area contributed by atoms with Gasteiger partial charge in [0.15, 0.2) is 11.6 Å². The van der Waals surface area contributed by atoms with Gasteiger partial charge < -0.3 is 0 Å². The molecule has 0 aromatic heterocycles. The zero-order valence-electron chi connectivity index (χ0n) is 19.6. The van der Waals surface area contributed by atoms with Crippen LogP contribution in [0.2, 0.25) is 0 Å². The van der Waals surface area contributed by atoms with Crippen molar-refractivity contribution in [3.63, 3.8) is 0 Å². The Labute approximate surface area is 186 Å². The predicted octanol–water partition coefficient (Wildman–Crippen LogP) is 6.76. The van der Waals surface area contributed by atoms with E-state index in [0.29, 0.717) is 34.6 Å². The highest BCUT2D eigenvalue weighted by atomic mass is 16.1. The summed E-state index contributed by atoms with van der Waals surface area (Å²) in [6.45, 7) is 12.8. The zero-order chi connectivity index (χ0) is 23.0. The molecule has 0 amide bonds. The largest absolute Gasteiger partial charge is 0.289 e. The molecule has 0 saturated heterocycles. The average Bonchev–Trinajstić information content (AvgIpc) is 2.70. The molecule has 0 spiro atoms. The first kappa shape index (κ1) is 22.9. The lowest BCUT2D eigenvalue weighted by Gasteiger charge is -2.28. The Morgan fingerprint density at radius 2 is 1.35 bits per heavy atom. The van der Waals surface area contributed by atoms with Crippen molar-refractivity contribution < 1.29 is 9.59 Å². The van der Waals surface area contributed by atoms with E-state index in [-0.39, 0.29) is 22.4 Å². The topological polar surface area (TPSA) is 57.9 Å². The lowest BCUT2D eigenvalue weighted by molar-refractivity contribution is 0.0978. The van der Waals surface area contributed by atoms with E-state index in [2.05, 4.69) is 47.6 Å². The van der Waals surface area contributed by atoms with Crippen molar-refractivity contribution in [3.8, 4) is 6.07 Å². The minimum atomic E-state index is -0.110. The fourth-order valence-corrected chi connectivity index (χ4v) is 4.33. The van der Waals surface area contributed by atoms with Gasteiger partial charge in [-0.05, 0) is 65.0 Å². The molecule has 0 saturated carbocycles. The number of fused-ring (bicyclic) bond motifs is 2. The highest BCUT2D eigenvalue weighted by Crippen LogP contribution is 2.36. The summed E-state index contributed by atoms with van der Waals surface area (Å²) in [5.41, 5.74) is 3.98. The van der Waals surface area contributed by atoms with Gasteiger partial charge in [0, 0.05) is 28.7 Å². The maximum absolute atomic E-state index is 13.3. The summed E-state index contributed by atoms with van der Waals surface area (Å²) in [7, 11) is 0. The smallest absolute Gasteiger partial charge is 0.194 e. The number of nitrogens with zero attached hydrogens (tertiary/aromatic N) is 1. The standard InChI is InChI=1S/C28H33NO2/c1-18(13-15-29)8-7-14-28(5,6)20-10-12-22-24(17-20)26(31)21-11-9-19(27(2,3)4)16-23(21)25(22)30/h9-12,16-18H,7-8,13-14H2,1-6H3. The number of rotatable bonds is 6. The summed E-state index contributed by atoms with van der Waals surface area (Å²) in [5.74, 6) is 0.272. The van der Waals surface area contributed by atoms with Gasteiger partial charge in [0.05, 0.1) is 6.07 Å². The third kappa shape index (κ3) is 4.64. The summed E-state index contributed by atoms with van der Waals surface area (Å²) >= 11 is 0. The fraction of sp³-hybridized carbons (Fsp3) is 0.464. The van der Waals surface area contributed by atoms with Crippen LogP contribution in [-0.2, 0) is 10.8 Å². The summed E-state index contributed by atoms with van der Waals surface area (Å²) in [4.78, 5) is 26.5. The first-order valence-corrected chi connectivity index (χ1v) is 11.2. The van der Waals surface area contributed by atoms with Gasteiger partial charge in [-0.25, -0.2) is 0 Å². The van der Waals surface area contributed by atoms with E-state index in [1.807, 2.05) is 36.4 Å². The van der Waals surface area contributed by atoms with Gasteiger partial charge in [-0.3, -0.25) is 9.59 Å². The van der Waals surface area contributed by atoms with E-state index < -0.39 is 0 Å². The molecular formula is C28H33NO2. The van der Waals surface area contributed by atoms with Crippen LogP contribution >= 0.6 is 0 Å². The SMILES string of the molecule is CC(CC#N)CCCC(C)(C)c1ccc2c(c1)C(=O)c1ccc(C(C)(C)C)cc1C2=O. The number of benzene rings is 2. The van der Waals surface area contributed by atoms with Crippen LogP contribution in [0, 0.1) is 17.2 Å². The average molecular weight is 416 g/mol. The van der Waals surface area contributed by atoms with Crippen molar-refractivity contribution in [3.05, 3.63) is 69.8 Å². The third-order valence-electron chi connectivity index (χ3n) is 6.60. The van der Waals surface area contributed by atoms with E-state index in [4.69, 9.17) is 5.26 Å².